The Kier molecular flexibility index (Phi) is 6.25. The number of carbonyl (C=O) groups excluding carboxylic acids is 2. The summed E-state index contributed by atoms with van der Waals surface area (Å²) in [6.45, 7) is 0.708. The summed E-state index contributed by atoms with van der Waals surface area (Å²) in [5.74, 6) is -0.410. The number of ether oxygens (including phenoxy) is 2. The minimum atomic E-state index is -0.648. The number of para-hydroxylation sites is 3. The quantitative estimate of drug-likeness (QED) is 0.409. The fourth-order valence-corrected chi connectivity index (χ4v) is 4.95. The van der Waals surface area contributed by atoms with E-state index in [4.69, 9.17) is 9.47 Å². The lowest BCUT2D eigenvalue weighted by molar-refractivity contribution is -0.119. The number of benzene rings is 3. The smallest absolute Gasteiger partial charge is 0.254 e. The van der Waals surface area contributed by atoms with Crippen molar-refractivity contribution in [1.29, 1.82) is 0 Å². The summed E-state index contributed by atoms with van der Waals surface area (Å²) in [6.07, 6.45) is 1.90. The Balaban J connectivity index is 1.67. The van der Waals surface area contributed by atoms with Crippen LogP contribution in [-0.2, 0) is 9.53 Å². The predicted molar refractivity (Wildman–Crippen MR) is 135 cm³/mol. The number of hydrogen-bond acceptors (Lipinski definition) is 4. The lowest BCUT2D eigenvalue weighted by Crippen LogP contribution is -2.47. The summed E-state index contributed by atoms with van der Waals surface area (Å²) >= 11 is 0. The molecule has 2 heterocycles. The minimum Gasteiger partial charge on any atom is -0.495 e. The number of methoxy groups -OCH3 is 2. The van der Waals surface area contributed by atoms with Gasteiger partial charge in [0.15, 0.2) is 0 Å². The normalized spacial score (nSPS) is 17.3. The molecule has 2 N–H and O–H groups in total. The molecule has 2 amide bonds. The van der Waals surface area contributed by atoms with Gasteiger partial charge in [0.05, 0.1) is 31.4 Å². The van der Waals surface area contributed by atoms with Crippen molar-refractivity contribution in [2.75, 3.05) is 32.7 Å². The van der Waals surface area contributed by atoms with Crippen LogP contribution in [0.3, 0.4) is 0 Å². The third-order valence-electron chi connectivity index (χ3n) is 6.56. The van der Waals surface area contributed by atoms with Crippen LogP contribution in [0.5, 0.6) is 5.75 Å². The Labute approximate surface area is 203 Å². The summed E-state index contributed by atoms with van der Waals surface area (Å²) in [6, 6.07) is 22.0. The number of amides is 2. The summed E-state index contributed by atoms with van der Waals surface area (Å²) in [5, 5.41) is 4.03. The standard InChI is InChI=1S/C28H27N3O4/c1-34-16-15-31-26(21-17-29-22-12-6-5-9-18(21)22)25(19-10-3-4-11-20(19)28(31)33)27(32)30-23-13-7-8-14-24(23)35-2/h3-14,17,25-26,29H,15-16H2,1-2H3,(H,30,32)/t25-,26+/m0/s1. The van der Waals surface area contributed by atoms with Crippen molar-refractivity contribution in [3.8, 4) is 5.75 Å². The van der Waals surface area contributed by atoms with Crippen LogP contribution in [0, 0.1) is 0 Å². The van der Waals surface area contributed by atoms with Crippen LogP contribution in [0.2, 0.25) is 0 Å². The third-order valence-corrected chi connectivity index (χ3v) is 6.56. The van der Waals surface area contributed by atoms with E-state index >= 15 is 0 Å². The molecule has 0 saturated carbocycles. The van der Waals surface area contributed by atoms with Crippen molar-refractivity contribution in [2.45, 2.75) is 12.0 Å². The zero-order valence-electron chi connectivity index (χ0n) is 19.7. The van der Waals surface area contributed by atoms with Gasteiger partial charge in [-0.3, -0.25) is 9.59 Å². The average molecular weight is 470 g/mol. The van der Waals surface area contributed by atoms with Gasteiger partial charge in [-0.05, 0) is 29.8 Å². The minimum absolute atomic E-state index is 0.116. The maximum atomic E-state index is 14.0. The van der Waals surface area contributed by atoms with Crippen LogP contribution in [0.4, 0.5) is 5.69 Å². The number of rotatable bonds is 7. The number of fused-ring (bicyclic) bond motifs is 2. The molecule has 178 valence electrons. The lowest BCUT2D eigenvalue weighted by atomic mass is 9.79. The van der Waals surface area contributed by atoms with E-state index in [1.54, 1.807) is 37.3 Å². The summed E-state index contributed by atoms with van der Waals surface area (Å²) in [7, 11) is 3.18. The van der Waals surface area contributed by atoms with E-state index in [0.29, 0.717) is 35.7 Å². The van der Waals surface area contributed by atoms with Gasteiger partial charge in [0.25, 0.3) is 5.91 Å². The highest BCUT2D eigenvalue weighted by Gasteiger charge is 2.45. The van der Waals surface area contributed by atoms with Crippen molar-refractivity contribution >= 4 is 28.4 Å². The molecule has 1 aromatic heterocycles. The molecule has 3 aromatic carbocycles. The maximum absolute atomic E-state index is 14.0. The molecule has 7 heteroatoms. The van der Waals surface area contributed by atoms with E-state index in [9.17, 15) is 9.59 Å². The van der Waals surface area contributed by atoms with Gasteiger partial charge in [-0.15, -0.1) is 0 Å². The van der Waals surface area contributed by atoms with Crippen molar-refractivity contribution in [2.24, 2.45) is 0 Å². The van der Waals surface area contributed by atoms with Crippen molar-refractivity contribution < 1.29 is 19.1 Å². The first-order valence-electron chi connectivity index (χ1n) is 11.5. The van der Waals surface area contributed by atoms with Crippen LogP contribution in [0.15, 0.2) is 79.0 Å². The van der Waals surface area contributed by atoms with Crippen LogP contribution < -0.4 is 10.1 Å². The van der Waals surface area contributed by atoms with Gasteiger partial charge in [-0.1, -0.05) is 48.5 Å². The first-order valence-corrected chi connectivity index (χ1v) is 11.5. The fraction of sp³-hybridized carbons (Fsp3) is 0.214. The Hall–Kier alpha value is -4.10. The van der Waals surface area contributed by atoms with E-state index in [2.05, 4.69) is 10.3 Å². The highest BCUT2D eigenvalue weighted by Crippen LogP contribution is 2.45. The van der Waals surface area contributed by atoms with Crippen LogP contribution in [0.1, 0.15) is 33.4 Å². The molecule has 0 radical (unpaired) electrons. The zero-order valence-corrected chi connectivity index (χ0v) is 19.7. The molecule has 7 nitrogen and oxygen atoms in total. The summed E-state index contributed by atoms with van der Waals surface area (Å²) in [5.41, 5.74) is 3.65. The number of nitrogens with one attached hydrogen (secondary N) is 2. The third kappa shape index (κ3) is 4.04. The maximum Gasteiger partial charge on any atom is 0.254 e. The van der Waals surface area contributed by atoms with E-state index in [-0.39, 0.29) is 11.8 Å². The first kappa shape index (κ1) is 22.7. The topological polar surface area (TPSA) is 83.7 Å². The van der Waals surface area contributed by atoms with Gasteiger partial charge in [0, 0.05) is 41.9 Å². The van der Waals surface area contributed by atoms with Crippen molar-refractivity contribution in [3.63, 3.8) is 0 Å². The Morgan fingerprint density at radius 3 is 2.54 bits per heavy atom. The second-order valence-electron chi connectivity index (χ2n) is 8.48. The number of hydrogen-bond donors (Lipinski definition) is 2. The SMILES string of the molecule is COCCN1C(=O)c2ccccc2[C@H](C(=O)Nc2ccccc2OC)[C@H]1c1c[nH]c2ccccc12. The molecule has 2 atom stereocenters. The largest absolute Gasteiger partial charge is 0.495 e. The molecule has 0 aliphatic carbocycles. The van der Waals surface area contributed by atoms with E-state index in [1.165, 1.54) is 0 Å². The van der Waals surface area contributed by atoms with Gasteiger partial charge < -0.3 is 24.7 Å². The molecular formula is C28H27N3O4. The van der Waals surface area contributed by atoms with Crippen LogP contribution in [0.25, 0.3) is 10.9 Å². The van der Waals surface area contributed by atoms with Gasteiger partial charge >= 0.3 is 0 Å². The van der Waals surface area contributed by atoms with Gasteiger partial charge in [-0.2, -0.15) is 0 Å². The van der Waals surface area contributed by atoms with Crippen LogP contribution >= 0.6 is 0 Å². The second-order valence-corrected chi connectivity index (χ2v) is 8.48. The summed E-state index contributed by atoms with van der Waals surface area (Å²) < 4.78 is 10.8. The molecule has 0 bridgehead atoms. The summed E-state index contributed by atoms with van der Waals surface area (Å²) in [4.78, 5) is 32.8. The predicted octanol–water partition coefficient (Wildman–Crippen LogP) is 4.74. The number of anilines is 1. The molecule has 0 saturated heterocycles. The molecule has 35 heavy (non-hydrogen) atoms. The number of aromatic nitrogens is 1. The Morgan fingerprint density at radius 1 is 0.971 bits per heavy atom. The van der Waals surface area contributed by atoms with Crippen molar-refractivity contribution in [3.05, 3.63) is 95.7 Å². The molecule has 4 aromatic rings. The fourth-order valence-electron chi connectivity index (χ4n) is 4.95. The number of H-pyrrole nitrogens is 1. The molecule has 0 unspecified atom stereocenters. The molecule has 1 aliphatic heterocycles. The van der Waals surface area contributed by atoms with Crippen molar-refractivity contribution in [1.82, 2.24) is 9.88 Å². The first-order chi connectivity index (χ1) is 17.1. The van der Waals surface area contributed by atoms with E-state index in [0.717, 1.165) is 16.5 Å². The van der Waals surface area contributed by atoms with Gasteiger partial charge in [0.1, 0.15) is 5.75 Å². The lowest BCUT2D eigenvalue weighted by Gasteiger charge is -2.41. The average Bonchev–Trinajstić information content (AvgIpc) is 3.32. The number of aromatic amines is 1. The zero-order chi connectivity index (χ0) is 24.4. The molecule has 0 fully saturated rings. The molecular weight excluding hydrogens is 442 g/mol. The molecule has 1 aliphatic rings. The van der Waals surface area contributed by atoms with Gasteiger partial charge in [0.2, 0.25) is 5.91 Å². The highest BCUT2D eigenvalue weighted by atomic mass is 16.5. The molecule has 5 rings (SSSR count). The van der Waals surface area contributed by atoms with Crippen LogP contribution in [-0.4, -0.2) is 49.1 Å². The monoisotopic (exact) mass is 469 g/mol. The number of nitrogens with zero attached hydrogens (tertiary/aromatic N) is 1. The Morgan fingerprint density at radius 2 is 1.71 bits per heavy atom. The van der Waals surface area contributed by atoms with E-state index in [1.807, 2.05) is 60.8 Å². The van der Waals surface area contributed by atoms with Gasteiger partial charge in [-0.25, -0.2) is 0 Å². The van der Waals surface area contributed by atoms with E-state index < -0.39 is 12.0 Å². The second kappa shape index (κ2) is 9.64. The highest BCUT2D eigenvalue weighted by molar-refractivity contribution is 6.05. The Bertz CT molecular complexity index is 1380. The number of carbonyl (C=O) groups is 2. The molecule has 0 spiro atoms.